The molecular weight excluding hydrogens is 456 g/mol. The molecule has 1 saturated heterocycles. The maximum atomic E-state index is 12.9. The molecule has 0 spiro atoms. The summed E-state index contributed by atoms with van der Waals surface area (Å²) in [5.74, 6) is -0.240. The zero-order chi connectivity index (χ0) is 20.4. The van der Waals surface area contributed by atoms with Crippen LogP contribution in [0.3, 0.4) is 0 Å². The Labute approximate surface area is 181 Å². The number of carbonyl (C=O) groups is 1. The van der Waals surface area contributed by atoms with Gasteiger partial charge in [-0.15, -0.1) is 0 Å². The number of carbonyl (C=O) groups excluding carboxylic acids is 1. The fraction of sp³-hybridized carbons (Fsp3) is 0.273. The summed E-state index contributed by atoms with van der Waals surface area (Å²) in [5, 5.41) is 4.43. The number of nitrogens with one attached hydrogen (secondary N) is 1. The second-order valence-electron chi connectivity index (χ2n) is 7.04. The highest BCUT2D eigenvalue weighted by atomic mass is 79.9. The highest BCUT2D eigenvalue weighted by Gasteiger charge is 2.18. The van der Waals surface area contributed by atoms with E-state index < -0.39 is 0 Å². The topological polar surface area (TPSA) is 63.8 Å². The van der Waals surface area contributed by atoms with Crippen molar-refractivity contribution < 1.29 is 13.9 Å². The van der Waals surface area contributed by atoms with Gasteiger partial charge >= 0.3 is 0 Å². The van der Waals surface area contributed by atoms with Crippen LogP contribution in [0.5, 0.6) is 0 Å². The molecule has 1 amide bonds. The Balaban J connectivity index is 1.76. The molecule has 29 heavy (non-hydrogen) atoms. The highest BCUT2D eigenvalue weighted by Crippen LogP contribution is 2.23. The highest BCUT2D eigenvalue weighted by molar-refractivity contribution is 9.10. The van der Waals surface area contributed by atoms with Crippen molar-refractivity contribution in [1.82, 2.24) is 5.32 Å². The van der Waals surface area contributed by atoms with Crippen LogP contribution < -0.4 is 10.9 Å². The molecule has 4 rings (SSSR count). The predicted octanol–water partition coefficient (Wildman–Crippen LogP) is 5.30. The van der Waals surface area contributed by atoms with E-state index in [9.17, 15) is 4.79 Å². The molecule has 0 aliphatic carbocycles. The van der Waals surface area contributed by atoms with Crippen LogP contribution in [-0.4, -0.2) is 25.2 Å². The minimum atomic E-state index is -0.240. The lowest BCUT2D eigenvalue weighted by atomic mass is 10.1. The number of hydrogen-bond acceptors (Lipinski definition) is 4. The van der Waals surface area contributed by atoms with Gasteiger partial charge in [0.1, 0.15) is 11.1 Å². The van der Waals surface area contributed by atoms with E-state index >= 15 is 0 Å². The van der Waals surface area contributed by atoms with Crippen LogP contribution in [0.4, 0.5) is 5.69 Å². The number of ether oxygens (including phenoxy) is 1. The number of nitrogens with zero attached hydrogens (tertiary/aromatic N) is 1. The monoisotopic (exact) mass is 474 g/mol. The molecular formula is C22H20BrClN2O3. The van der Waals surface area contributed by atoms with E-state index in [1.54, 1.807) is 18.2 Å². The Morgan fingerprint density at radius 2 is 2.14 bits per heavy atom. The zero-order valence-electron chi connectivity index (χ0n) is 15.9. The Kier molecular flexibility index (Phi) is 6.04. The van der Waals surface area contributed by atoms with Gasteiger partial charge in [-0.3, -0.25) is 4.79 Å². The fourth-order valence-electron chi connectivity index (χ4n) is 3.27. The van der Waals surface area contributed by atoms with Gasteiger partial charge in [-0.05, 0) is 67.8 Å². The molecule has 0 saturated carbocycles. The van der Waals surface area contributed by atoms with Crippen molar-refractivity contribution >= 4 is 50.1 Å². The Bertz CT molecular complexity index is 1140. The van der Waals surface area contributed by atoms with E-state index in [1.807, 2.05) is 31.2 Å². The average molecular weight is 476 g/mol. The zero-order valence-corrected chi connectivity index (χ0v) is 18.2. The van der Waals surface area contributed by atoms with Crippen LogP contribution in [-0.2, 0) is 4.74 Å². The van der Waals surface area contributed by atoms with Crippen molar-refractivity contribution in [2.45, 2.75) is 25.9 Å². The molecule has 1 N–H and O–H groups in total. The number of rotatable bonds is 4. The second-order valence-corrected chi connectivity index (χ2v) is 8.36. The molecule has 0 bridgehead atoms. The molecule has 1 fully saturated rings. The molecule has 0 radical (unpaired) electrons. The van der Waals surface area contributed by atoms with Crippen molar-refractivity contribution in [3.05, 3.63) is 68.6 Å². The van der Waals surface area contributed by atoms with Crippen molar-refractivity contribution in [1.29, 1.82) is 0 Å². The molecule has 1 aliphatic rings. The van der Waals surface area contributed by atoms with Crippen molar-refractivity contribution in [2.75, 3.05) is 13.2 Å². The lowest BCUT2D eigenvalue weighted by molar-refractivity contribution is 0.0854. The second kappa shape index (κ2) is 8.69. The number of amides is 1. The van der Waals surface area contributed by atoms with Gasteiger partial charge in [-0.2, -0.15) is 0 Å². The third kappa shape index (κ3) is 4.71. The Morgan fingerprint density at radius 1 is 1.28 bits per heavy atom. The van der Waals surface area contributed by atoms with Gasteiger partial charge in [-0.25, -0.2) is 4.99 Å². The quantitative estimate of drug-likeness (QED) is 0.557. The smallest absolute Gasteiger partial charge is 0.256 e. The molecule has 0 unspecified atom stereocenters. The lowest BCUT2D eigenvalue weighted by Crippen LogP contribution is -2.34. The first-order valence-corrected chi connectivity index (χ1v) is 10.6. The molecule has 150 valence electrons. The predicted molar refractivity (Wildman–Crippen MR) is 117 cm³/mol. The third-order valence-electron chi connectivity index (χ3n) is 4.84. The summed E-state index contributed by atoms with van der Waals surface area (Å²) in [6.07, 6.45) is 2.04. The van der Waals surface area contributed by atoms with Crippen LogP contribution in [0.2, 0.25) is 5.02 Å². The Morgan fingerprint density at radius 3 is 2.90 bits per heavy atom. The first kappa shape index (κ1) is 20.1. The molecule has 1 aromatic heterocycles. The van der Waals surface area contributed by atoms with Crippen molar-refractivity contribution in [3.8, 4) is 0 Å². The minimum Gasteiger partial charge on any atom is -0.438 e. The SMILES string of the molecule is Cc1cc(N=c2oc3ccc(Br)cc3cc2C(=O)NC[C@H]2CCCO2)ccc1Cl. The molecule has 1 atom stereocenters. The van der Waals surface area contributed by atoms with Gasteiger partial charge < -0.3 is 14.5 Å². The van der Waals surface area contributed by atoms with Crippen LogP contribution in [0, 0.1) is 6.92 Å². The van der Waals surface area contributed by atoms with Crippen LogP contribution >= 0.6 is 27.5 Å². The normalized spacial score (nSPS) is 17.1. The van der Waals surface area contributed by atoms with E-state index in [2.05, 4.69) is 26.2 Å². The number of aryl methyl sites for hydroxylation is 1. The Hall–Kier alpha value is -2.15. The summed E-state index contributed by atoms with van der Waals surface area (Å²) in [6, 6.07) is 12.9. The lowest BCUT2D eigenvalue weighted by Gasteiger charge is -2.11. The minimum absolute atomic E-state index is 0.0600. The standard InChI is InChI=1S/C22H20BrClN2O3/c1-13-9-16(5-6-19(13)24)26-22-18(21(27)25-12-17-3-2-8-28-17)11-14-10-15(23)4-7-20(14)29-22/h4-7,9-11,17H,2-3,8,12H2,1H3,(H,25,27)/t17-/m1/s1. The molecule has 3 aromatic rings. The summed E-state index contributed by atoms with van der Waals surface area (Å²) < 4.78 is 12.5. The summed E-state index contributed by atoms with van der Waals surface area (Å²) in [5.41, 5.74) is 2.85. The molecule has 1 aliphatic heterocycles. The first-order valence-electron chi connectivity index (χ1n) is 9.44. The van der Waals surface area contributed by atoms with Gasteiger partial charge in [0, 0.05) is 28.0 Å². The van der Waals surface area contributed by atoms with Crippen LogP contribution in [0.1, 0.15) is 28.8 Å². The molecule has 7 heteroatoms. The summed E-state index contributed by atoms with van der Waals surface area (Å²) in [6.45, 7) is 3.12. The van der Waals surface area contributed by atoms with E-state index in [4.69, 9.17) is 20.8 Å². The number of fused-ring (bicyclic) bond motifs is 1. The van der Waals surface area contributed by atoms with Gasteiger partial charge in [0.2, 0.25) is 5.55 Å². The maximum absolute atomic E-state index is 12.9. The van der Waals surface area contributed by atoms with Gasteiger partial charge in [0.05, 0.1) is 11.8 Å². The summed E-state index contributed by atoms with van der Waals surface area (Å²) >= 11 is 9.58. The summed E-state index contributed by atoms with van der Waals surface area (Å²) in [4.78, 5) is 17.5. The van der Waals surface area contributed by atoms with Crippen LogP contribution in [0.15, 0.2) is 56.3 Å². The fourth-order valence-corrected chi connectivity index (χ4v) is 3.77. The number of halogens is 2. The van der Waals surface area contributed by atoms with E-state index in [0.717, 1.165) is 34.9 Å². The van der Waals surface area contributed by atoms with Gasteiger partial charge in [0.15, 0.2) is 0 Å². The third-order valence-corrected chi connectivity index (χ3v) is 5.76. The van der Waals surface area contributed by atoms with Crippen LogP contribution in [0.25, 0.3) is 11.0 Å². The molecule has 5 nitrogen and oxygen atoms in total. The van der Waals surface area contributed by atoms with E-state index in [0.29, 0.717) is 28.4 Å². The van der Waals surface area contributed by atoms with E-state index in [-0.39, 0.29) is 17.6 Å². The summed E-state index contributed by atoms with van der Waals surface area (Å²) in [7, 11) is 0. The maximum Gasteiger partial charge on any atom is 0.256 e. The number of hydrogen-bond donors (Lipinski definition) is 1. The largest absolute Gasteiger partial charge is 0.438 e. The number of benzene rings is 2. The van der Waals surface area contributed by atoms with E-state index in [1.165, 1.54) is 0 Å². The van der Waals surface area contributed by atoms with Crippen molar-refractivity contribution in [2.24, 2.45) is 4.99 Å². The van der Waals surface area contributed by atoms with Gasteiger partial charge in [-0.1, -0.05) is 27.5 Å². The average Bonchev–Trinajstić information content (AvgIpc) is 3.22. The molecule has 2 aromatic carbocycles. The van der Waals surface area contributed by atoms with Crippen molar-refractivity contribution in [3.63, 3.8) is 0 Å². The first-order chi connectivity index (χ1) is 14.0. The van der Waals surface area contributed by atoms with Gasteiger partial charge in [0.25, 0.3) is 5.91 Å². The molecule has 2 heterocycles.